The van der Waals surface area contributed by atoms with Crippen LogP contribution in [0.15, 0.2) is 51.7 Å². The lowest BCUT2D eigenvalue weighted by Crippen LogP contribution is -2.22. The highest BCUT2D eigenvalue weighted by molar-refractivity contribution is 7.99. The molecule has 0 amide bonds. The fraction of sp³-hybridized carbons (Fsp3) is 0.346. The Labute approximate surface area is 206 Å². The molecule has 6 nitrogen and oxygen atoms in total. The summed E-state index contributed by atoms with van der Waals surface area (Å²) in [5, 5.41) is 3.36. The van der Waals surface area contributed by atoms with Crippen molar-refractivity contribution in [3.63, 3.8) is 0 Å². The number of thiophene rings is 1. The van der Waals surface area contributed by atoms with Gasteiger partial charge in [0.25, 0.3) is 5.56 Å². The van der Waals surface area contributed by atoms with Gasteiger partial charge in [0.05, 0.1) is 23.4 Å². The van der Waals surface area contributed by atoms with Crippen LogP contribution < -0.4 is 5.56 Å². The molecule has 1 aliphatic carbocycles. The topological polar surface area (TPSA) is 66.1 Å². The lowest BCUT2D eigenvalue weighted by Gasteiger charge is -2.12. The van der Waals surface area contributed by atoms with Crippen molar-refractivity contribution in [2.75, 3.05) is 19.5 Å². The second kappa shape index (κ2) is 9.52. The number of rotatable bonds is 9. The molecule has 0 aliphatic heterocycles. The van der Waals surface area contributed by atoms with E-state index in [4.69, 9.17) is 9.72 Å². The van der Waals surface area contributed by atoms with Crippen molar-refractivity contribution in [2.45, 2.75) is 44.3 Å². The van der Waals surface area contributed by atoms with Gasteiger partial charge in [0, 0.05) is 30.6 Å². The maximum Gasteiger partial charge on any atom is 0.267 e. The molecule has 1 saturated carbocycles. The molecule has 176 valence electrons. The Morgan fingerprint density at radius 2 is 2.00 bits per heavy atom. The van der Waals surface area contributed by atoms with Crippen molar-refractivity contribution in [1.29, 1.82) is 0 Å². The SMILES string of the molecule is COCCn1c(C)cc(C(=O)CSc2nc3scc(C4CC4)c3c(=O)n2-c2ccccc2)c1C. The third kappa shape index (κ3) is 4.26. The van der Waals surface area contributed by atoms with E-state index in [1.807, 2.05) is 50.2 Å². The van der Waals surface area contributed by atoms with Crippen LogP contribution in [0.1, 0.15) is 46.1 Å². The Kier molecular flexibility index (Phi) is 6.46. The smallest absolute Gasteiger partial charge is 0.267 e. The second-order valence-corrected chi connectivity index (χ2v) is 10.5. The first-order valence-electron chi connectivity index (χ1n) is 11.4. The number of hydrogen-bond acceptors (Lipinski definition) is 6. The van der Waals surface area contributed by atoms with E-state index >= 15 is 0 Å². The Morgan fingerprint density at radius 3 is 2.71 bits per heavy atom. The Hall–Kier alpha value is -2.68. The third-order valence-electron chi connectivity index (χ3n) is 6.36. The Bertz CT molecular complexity index is 1410. The number of aromatic nitrogens is 3. The van der Waals surface area contributed by atoms with E-state index in [0.717, 1.165) is 45.7 Å². The molecule has 0 radical (unpaired) electrons. The lowest BCUT2D eigenvalue weighted by atomic mass is 10.1. The van der Waals surface area contributed by atoms with Crippen molar-refractivity contribution in [1.82, 2.24) is 14.1 Å². The van der Waals surface area contributed by atoms with Gasteiger partial charge in [-0.1, -0.05) is 30.0 Å². The van der Waals surface area contributed by atoms with Gasteiger partial charge >= 0.3 is 0 Å². The number of benzene rings is 1. The molecular weight excluding hydrogens is 466 g/mol. The van der Waals surface area contributed by atoms with Crippen LogP contribution >= 0.6 is 23.1 Å². The monoisotopic (exact) mass is 493 g/mol. The zero-order chi connectivity index (χ0) is 23.8. The largest absolute Gasteiger partial charge is 0.383 e. The average Bonchev–Trinajstić information content (AvgIpc) is 3.53. The van der Waals surface area contributed by atoms with Gasteiger partial charge in [-0.25, -0.2) is 4.98 Å². The molecule has 4 aromatic rings. The Morgan fingerprint density at radius 1 is 1.24 bits per heavy atom. The molecule has 34 heavy (non-hydrogen) atoms. The summed E-state index contributed by atoms with van der Waals surface area (Å²) in [5.41, 5.74) is 4.53. The average molecular weight is 494 g/mol. The summed E-state index contributed by atoms with van der Waals surface area (Å²) in [5.74, 6) is 0.710. The normalized spacial score (nSPS) is 13.6. The number of Topliss-reactive ketones (excluding diaryl/α,β-unsaturated/α-hetero) is 1. The van der Waals surface area contributed by atoms with Crippen molar-refractivity contribution in [2.24, 2.45) is 0 Å². The number of fused-ring (bicyclic) bond motifs is 1. The summed E-state index contributed by atoms with van der Waals surface area (Å²) in [6.07, 6.45) is 2.26. The van der Waals surface area contributed by atoms with E-state index in [0.29, 0.717) is 29.8 Å². The number of carbonyl (C=O) groups excluding carboxylic acids is 1. The molecule has 8 heteroatoms. The van der Waals surface area contributed by atoms with Crippen LogP contribution in [0, 0.1) is 13.8 Å². The van der Waals surface area contributed by atoms with Gasteiger partial charge in [-0.05, 0) is 61.7 Å². The molecule has 3 heterocycles. The standard InChI is InChI=1S/C26H27N3O3S2/c1-16-13-20(17(2)28(16)11-12-32-3)22(30)15-34-26-27-24-23(21(14-33-24)18-9-10-18)25(31)29(26)19-7-5-4-6-8-19/h4-8,13-14,18H,9-12,15H2,1-3H3. The number of nitrogens with zero attached hydrogens (tertiary/aromatic N) is 3. The molecule has 1 aromatic carbocycles. The quantitative estimate of drug-likeness (QED) is 0.178. The molecule has 1 aliphatic rings. The summed E-state index contributed by atoms with van der Waals surface area (Å²) in [6, 6.07) is 11.5. The number of ketones is 1. The van der Waals surface area contributed by atoms with Crippen molar-refractivity contribution in [3.8, 4) is 5.69 Å². The van der Waals surface area contributed by atoms with Gasteiger partial charge in [-0.2, -0.15) is 0 Å². The molecular formula is C26H27N3O3S2. The number of ether oxygens (including phenoxy) is 1. The van der Waals surface area contributed by atoms with E-state index in [2.05, 4.69) is 9.95 Å². The van der Waals surface area contributed by atoms with E-state index in [1.54, 1.807) is 11.7 Å². The molecule has 3 aromatic heterocycles. The van der Waals surface area contributed by atoms with E-state index < -0.39 is 0 Å². The minimum Gasteiger partial charge on any atom is -0.383 e. The van der Waals surface area contributed by atoms with Gasteiger partial charge < -0.3 is 9.30 Å². The third-order valence-corrected chi connectivity index (χ3v) is 8.19. The van der Waals surface area contributed by atoms with Crippen LogP contribution in [0.25, 0.3) is 15.9 Å². The number of methoxy groups -OCH3 is 1. The lowest BCUT2D eigenvalue weighted by molar-refractivity contribution is 0.102. The zero-order valence-corrected chi connectivity index (χ0v) is 21.2. The van der Waals surface area contributed by atoms with Crippen LogP contribution in [-0.2, 0) is 11.3 Å². The van der Waals surface area contributed by atoms with Crippen LogP contribution in [0.4, 0.5) is 0 Å². The molecule has 0 N–H and O–H groups in total. The first-order valence-corrected chi connectivity index (χ1v) is 13.3. The summed E-state index contributed by atoms with van der Waals surface area (Å²) in [6.45, 7) is 5.27. The first kappa shape index (κ1) is 23.1. The maximum atomic E-state index is 13.7. The van der Waals surface area contributed by atoms with Gasteiger partial charge in [-0.15, -0.1) is 11.3 Å². The number of thioether (sulfide) groups is 1. The fourth-order valence-electron chi connectivity index (χ4n) is 4.41. The Balaban J connectivity index is 1.49. The zero-order valence-electron chi connectivity index (χ0n) is 19.5. The number of hydrogen-bond donors (Lipinski definition) is 0. The van der Waals surface area contributed by atoms with Gasteiger partial charge in [0.15, 0.2) is 10.9 Å². The van der Waals surface area contributed by atoms with Crippen LogP contribution in [-0.4, -0.2) is 39.4 Å². The molecule has 1 fully saturated rings. The predicted octanol–water partition coefficient (Wildman–Crippen LogP) is 5.36. The molecule has 0 saturated heterocycles. The molecule has 5 rings (SSSR count). The van der Waals surface area contributed by atoms with Crippen LogP contribution in [0.3, 0.4) is 0 Å². The molecule has 0 spiro atoms. The van der Waals surface area contributed by atoms with Crippen molar-refractivity contribution < 1.29 is 9.53 Å². The fourth-order valence-corrected chi connectivity index (χ4v) is 6.37. The highest BCUT2D eigenvalue weighted by atomic mass is 32.2. The number of carbonyl (C=O) groups is 1. The van der Waals surface area contributed by atoms with Crippen LogP contribution in [0.2, 0.25) is 0 Å². The first-order chi connectivity index (χ1) is 16.5. The second-order valence-electron chi connectivity index (χ2n) is 8.66. The summed E-state index contributed by atoms with van der Waals surface area (Å²) in [4.78, 5) is 32.5. The van der Waals surface area contributed by atoms with Crippen molar-refractivity contribution in [3.05, 3.63) is 74.6 Å². The van der Waals surface area contributed by atoms with E-state index in [9.17, 15) is 9.59 Å². The van der Waals surface area contributed by atoms with E-state index in [-0.39, 0.29) is 17.1 Å². The van der Waals surface area contributed by atoms with Gasteiger partial charge in [0.1, 0.15) is 4.83 Å². The summed E-state index contributed by atoms with van der Waals surface area (Å²) < 4.78 is 8.98. The van der Waals surface area contributed by atoms with Crippen LogP contribution in [0.5, 0.6) is 0 Å². The highest BCUT2D eigenvalue weighted by Gasteiger charge is 2.29. The maximum absolute atomic E-state index is 13.7. The minimum absolute atomic E-state index is 0.0283. The van der Waals surface area contributed by atoms with E-state index in [1.165, 1.54) is 23.1 Å². The molecule has 0 bridgehead atoms. The minimum atomic E-state index is -0.0490. The summed E-state index contributed by atoms with van der Waals surface area (Å²) >= 11 is 2.85. The number of para-hydroxylation sites is 1. The molecule has 0 unspecified atom stereocenters. The highest BCUT2D eigenvalue weighted by Crippen LogP contribution is 2.44. The number of aryl methyl sites for hydroxylation is 1. The van der Waals surface area contributed by atoms with Gasteiger partial charge in [0.2, 0.25) is 0 Å². The molecule has 0 atom stereocenters. The van der Waals surface area contributed by atoms with Gasteiger partial charge in [-0.3, -0.25) is 14.2 Å². The predicted molar refractivity (Wildman–Crippen MR) is 138 cm³/mol. The van der Waals surface area contributed by atoms with Crippen molar-refractivity contribution >= 4 is 39.1 Å². The summed E-state index contributed by atoms with van der Waals surface area (Å²) in [7, 11) is 1.67.